The Hall–Kier alpha value is -1.59. The van der Waals surface area contributed by atoms with Gasteiger partial charge in [-0.3, -0.25) is 9.79 Å². The van der Waals surface area contributed by atoms with Crippen molar-refractivity contribution in [3.63, 3.8) is 0 Å². The van der Waals surface area contributed by atoms with Crippen molar-refractivity contribution in [1.29, 1.82) is 0 Å². The highest BCUT2D eigenvalue weighted by Crippen LogP contribution is 2.31. The first-order valence-corrected chi connectivity index (χ1v) is 10.2. The van der Waals surface area contributed by atoms with E-state index in [0.717, 1.165) is 30.1 Å². The van der Waals surface area contributed by atoms with Crippen LogP contribution in [0.25, 0.3) is 0 Å². The van der Waals surface area contributed by atoms with Gasteiger partial charge in [0.1, 0.15) is 0 Å². The number of hydrogen-bond acceptors (Lipinski definition) is 4. The predicted molar refractivity (Wildman–Crippen MR) is 112 cm³/mol. The maximum Gasteiger partial charge on any atom is 0.239 e. The van der Waals surface area contributed by atoms with Crippen LogP contribution in [-0.2, 0) is 4.79 Å². The van der Waals surface area contributed by atoms with Crippen molar-refractivity contribution in [2.75, 3.05) is 19.7 Å². The first kappa shape index (κ1) is 21.7. The Morgan fingerprint density at radius 3 is 2.89 bits per heavy atom. The Morgan fingerprint density at radius 2 is 2.15 bits per heavy atom. The molecule has 27 heavy (non-hydrogen) atoms. The number of hydrogen-bond donors (Lipinski definition) is 2. The Bertz CT molecular complexity index is 639. The van der Waals surface area contributed by atoms with E-state index < -0.39 is 0 Å². The summed E-state index contributed by atoms with van der Waals surface area (Å²) in [6.07, 6.45) is 11.5. The number of aliphatic imine (C=N–C) groups is 1. The van der Waals surface area contributed by atoms with Gasteiger partial charge in [-0.05, 0) is 57.3 Å². The number of allylic oxidation sites excluding steroid dienone is 5. The number of nitrogens with zero attached hydrogens (tertiary/aromatic N) is 2. The van der Waals surface area contributed by atoms with E-state index in [1.54, 1.807) is 0 Å². The van der Waals surface area contributed by atoms with Crippen molar-refractivity contribution in [3.05, 3.63) is 34.9 Å². The molecule has 1 heterocycles. The summed E-state index contributed by atoms with van der Waals surface area (Å²) in [6, 6.07) is 0.341. The fourth-order valence-electron chi connectivity index (χ4n) is 3.61. The molecule has 2 aliphatic rings. The molecule has 1 amide bonds. The molecule has 0 spiro atoms. The number of carbonyl (C=O) groups is 1. The molecular weight excluding hydrogens is 362 g/mol. The monoisotopic (exact) mass is 393 g/mol. The number of aliphatic hydroxyl groups excluding tert-OH is 1. The molecule has 0 fully saturated rings. The van der Waals surface area contributed by atoms with Crippen LogP contribution in [0.5, 0.6) is 0 Å². The summed E-state index contributed by atoms with van der Waals surface area (Å²) in [5.41, 5.74) is 1.30. The van der Waals surface area contributed by atoms with Gasteiger partial charge < -0.3 is 15.3 Å². The van der Waals surface area contributed by atoms with Gasteiger partial charge in [-0.25, -0.2) is 0 Å². The van der Waals surface area contributed by atoms with Crippen molar-refractivity contribution in [2.45, 2.75) is 58.5 Å². The minimum atomic E-state index is 0.00464. The molecule has 6 heteroatoms. The summed E-state index contributed by atoms with van der Waals surface area (Å²) in [5, 5.41) is 12.5. The minimum absolute atomic E-state index is 0.00464. The van der Waals surface area contributed by atoms with Crippen LogP contribution in [0.15, 0.2) is 39.9 Å². The van der Waals surface area contributed by atoms with E-state index in [1.807, 2.05) is 19.1 Å². The molecule has 1 aliphatic heterocycles. The molecule has 150 valence electrons. The molecule has 0 aromatic rings. The standard InChI is InChI=1S/C21H32ClN3O2/c1-15-16(2)25(14-20(27)23-12-6-7-13-26)17(3)24-21(15)18-8-4-5-9-19(22)11-10-18/h5,9-11,15-16,21,26H,4,6-8,12-14H2,1-3H3,(H,23,27)/b9-5-,18-10+,19-11+. The summed E-state index contributed by atoms with van der Waals surface area (Å²) >= 11 is 6.16. The summed E-state index contributed by atoms with van der Waals surface area (Å²) < 4.78 is 0. The maximum absolute atomic E-state index is 12.3. The zero-order valence-corrected chi connectivity index (χ0v) is 17.4. The van der Waals surface area contributed by atoms with Crippen LogP contribution in [0, 0.1) is 5.92 Å². The van der Waals surface area contributed by atoms with E-state index in [0.29, 0.717) is 25.4 Å². The Kier molecular flexibility index (Phi) is 8.58. The van der Waals surface area contributed by atoms with Gasteiger partial charge in [0.15, 0.2) is 0 Å². The summed E-state index contributed by atoms with van der Waals surface area (Å²) in [6.45, 7) is 7.44. The van der Waals surface area contributed by atoms with Crippen LogP contribution >= 0.6 is 11.6 Å². The number of amides is 1. The van der Waals surface area contributed by atoms with Crippen LogP contribution in [-0.4, -0.2) is 53.5 Å². The van der Waals surface area contributed by atoms with Gasteiger partial charge in [0.25, 0.3) is 0 Å². The molecular formula is C21H32ClN3O2. The number of carbonyl (C=O) groups excluding carboxylic acids is 1. The van der Waals surface area contributed by atoms with Crippen LogP contribution in [0.2, 0.25) is 0 Å². The van der Waals surface area contributed by atoms with Crippen LogP contribution in [0.4, 0.5) is 0 Å². The maximum atomic E-state index is 12.3. The predicted octanol–water partition coefficient (Wildman–Crippen LogP) is 3.40. The first-order valence-electron chi connectivity index (χ1n) is 9.85. The number of nitrogens with one attached hydrogen (secondary N) is 1. The minimum Gasteiger partial charge on any atom is -0.396 e. The van der Waals surface area contributed by atoms with E-state index in [1.165, 1.54) is 5.57 Å². The quantitative estimate of drug-likeness (QED) is 0.651. The average molecular weight is 394 g/mol. The molecule has 5 nitrogen and oxygen atoms in total. The first-order chi connectivity index (χ1) is 12.9. The largest absolute Gasteiger partial charge is 0.396 e. The highest BCUT2D eigenvalue weighted by atomic mass is 35.5. The van der Waals surface area contributed by atoms with Gasteiger partial charge in [-0.15, -0.1) is 0 Å². The third-order valence-electron chi connectivity index (χ3n) is 5.43. The van der Waals surface area contributed by atoms with Gasteiger partial charge in [-0.2, -0.15) is 0 Å². The summed E-state index contributed by atoms with van der Waals surface area (Å²) in [4.78, 5) is 19.3. The van der Waals surface area contributed by atoms with Gasteiger partial charge in [0, 0.05) is 30.1 Å². The van der Waals surface area contributed by atoms with Gasteiger partial charge in [0.05, 0.1) is 18.4 Å². The van der Waals surface area contributed by atoms with Crippen molar-refractivity contribution in [3.8, 4) is 0 Å². The lowest BCUT2D eigenvalue weighted by Crippen LogP contribution is -2.52. The number of rotatable bonds is 7. The van der Waals surface area contributed by atoms with Crippen molar-refractivity contribution in [1.82, 2.24) is 10.2 Å². The lowest BCUT2D eigenvalue weighted by molar-refractivity contribution is -0.122. The number of halogens is 1. The molecule has 0 radical (unpaired) electrons. The normalized spacial score (nSPS) is 30.9. The molecule has 2 N–H and O–H groups in total. The summed E-state index contributed by atoms with van der Waals surface area (Å²) in [5.74, 6) is 1.22. The average Bonchev–Trinajstić information content (AvgIpc) is 2.63. The molecule has 1 aliphatic carbocycles. The molecule has 0 aromatic carbocycles. The molecule has 0 aromatic heterocycles. The summed E-state index contributed by atoms with van der Waals surface area (Å²) in [7, 11) is 0. The van der Waals surface area contributed by atoms with Gasteiger partial charge in [0.2, 0.25) is 5.91 Å². The molecule has 0 saturated carbocycles. The lowest BCUT2D eigenvalue weighted by atomic mass is 9.84. The second-order valence-corrected chi connectivity index (χ2v) is 7.80. The van der Waals surface area contributed by atoms with Crippen LogP contribution in [0.3, 0.4) is 0 Å². The SMILES string of the molecule is CC1=NC(/C2=C/C=C(Cl)\C=C/CC2)C(C)C(C)N1CC(=O)NCCCCO. The molecule has 3 atom stereocenters. The molecule has 2 rings (SSSR count). The number of unbranched alkanes of at least 4 members (excludes halogenated alkanes) is 1. The number of amidine groups is 1. The molecule has 0 bridgehead atoms. The lowest BCUT2D eigenvalue weighted by Gasteiger charge is -2.42. The smallest absolute Gasteiger partial charge is 0.239 e. The Balaban J connectivity index is 2.06. The second kappa shape index (κ2) is 10.7. The van der Waals surface area contributed by atoms with E-state index >= 15 is 0 Å². The third-order valence-corrected chi connectivity index (χ3v) is 5.68. The zero-order valence-electron chi connectivity index (χ0n) is 16.6. The highest BCUT2D eigenvalue weighted by molar-refractivity contribution is 6.31. The van der Waals surface area contributed by atoms with E-state index in [9.17, 15) is 4.79 Å². The van der Waals surface area contributed by atoms with Gasteiger partial charge >= 0.3 is 0 Å². The second-order valence-electron chi connectivity index (χ2n) is 7.36. The molecule has 0 saturated heterocycles. The van der Waals surface area contributed by atoms with Crippen molar-refractivity contribution in [2.24, 2.45) is 10.9 Å². The van der Waals surface area contributed by atoms with E-state index in [2.05, 4.69) is 36.2 Å². The third kappa shape index (κ3) is 6.22. The highest BCUT2D eigenvalue weighted by Gasteiger charge is 2.34. The van der Waals surface area contributed by atoms with Crippen molar-refractivity contribution < 1.29 is 9.90 Å². The van der Waals surface area contributed by atoms with E-state index in [-0.39, 0.29) is 24.6 Å². The van der Waals surface area contributed by atoms with Crippen LogP contribution < -0.4 is 5.32 Å². The van der Waals surface area contributed by atoms with Crippen LogP contribution in [0.1, 0.15) is 46.5 Å². The van der Waals surface area contributed by atoms with Crippen molar-refractivity contribution >= 4 is 23.3 Å². The van der Waals surface area contributed by atoms with E-state index in [4.69, 9.17) is 21.7 Å². The Labute approximate surface area is 167 Å². The van der Waals surface area contributed by atoms with Gasteiger partial charge in [-0.1, -0.05) is 30.7 Å². The number of aliphatic hydroxyl groups is 1. The topological polar surface area (TPSA) is 64.9 Å². The fraction of sp³-hybridized carbons (Fsp3) is 0.619. The molecule has 3 unspecified atom stereocenters. The zero-order chi connectivity index (χ0) is 19.8. The Morgan fingerprint density at radius 1 is 1.37 bits per heavy atom. The fourth-order valence-corrected chi connectivity index (χ4v) is 3.76.